The second-order valence-corrected chi connectivity index (χ2v) is 8.27. The maximum absolute atomic E-state index is 12.7. The molecule has 6 heteroatoms. The monoisotopic (exact) mass is 419 g/mol. The largest absolute Gasteiger partial charge is 0.357 e. The Morgan fingerprint density at radius 1 is 0.968 bits per heavy atom. The number of hydrogen-bond donors (Lipinski definition) is 2. The minimum absolute atomic E-state index is 0.0711. The van der Waals surface area contributed by atoms with Gasteiger partial charge in [0.05, 0.1) is 13.1 Å². The highest BCUT2D eigenvalue weighted by molar-refractivity contribution is 5.98. The van der Waals surface area contributed by atoms with Gasteiger partial charge in [-0.05, 0) is 62.0 Å². The number of aliphatic imine (C=N–C) groups is 1. The number of amides is 1. The van der Waals surface area contributed by atoms with Crippen LogP contribution in [0.5, 0.6) is 0 Å². The van der Waals surface area contributed by atoms with E-state index in [-0.39, 0.29) is 12.5 Å². The molecule has 1 amide bonds. The first kappa shape index (κ1) is 21.4. The molecule has 0 bridgehead atoms. The number of guanidine groups is 1. The fourth-order valence-electron chi connectivity index (χ4n) is 4.31. The first-order valence-corrected chi connectivity index (χ1v) is 11.4. The smallest absolute Gasteiger partial charge is 0.246 e. The summed E-state index contributed by atoms with van der Waals surface area (Å²) < 4.78 is 0. The molecule has 2 aliphatic heterocycles. The molecule has 0 atom stereocenters. The summed E-state index contributed by atoms with van der Waals surface area (Å²) in [4.78, 5) is 21.8. The van der Waals surface area contributed by atoms with Gasteiger partial charge in [0, 0.05) is 25.3 Å². The van der Waals surface area contributed by atoms with Crippen LogP contribution in [0.15, 0.2) is 53.5 Å². The van der Waals surface area contributed by atoms with Gasteiger partial charge in [-0.25, -0.2) is 4.99 Å². The molecule has 1 saturated heterocycles. The highest BCUT2D eigenvalue weighted by Crippen LogP contribution is 2.27. The highest BCUT2D eigenvalue weighted by atomic mass is 16.2. The second kappa shape index (κ2) is 10.4. The van der Waals surface area contributed by atoms with Gasteiger partial charge in [-0.3, -0.25) is 9.69 Å². The highest BCUT2D eigenvalue weighted by Gasteiger charge is 2.23. The van der Waals surface area contributed by atoms with Gasteiger partial charge in [0.1, 0.15) is 0 Å². The zero-order valence-electron chi connectivity index (χ0n) is 18.4. The minimum atomic E-state index is 0.0711. The van der Waals surface area contributed by atoms with E-state index in [0.29, 0.717) is 12.5 Å². The first-order chi connectivity index (χ1) is 15.2. The van der Waals surface area contributed by atoms with Crippen molar-refractivity contribution >= 4 is 17.6 Å². The van der Waals surface area contributed by atoms with Crippen molar-refractivity contribution in [2.24, 2.45) is 4.99 Å². The van der Waals surface area contributed by atoms with Crippen molar-refractivity contribution in [3.63, 3.8) is 0 Å². The lowest BCUT2D eigenvalue weighted by molar-refractivity contribution is -0.117. The molecule has 2 heterocycles. The van der Waals surface area contributed by atoms with E-state index in [0.717, 1.165) is 31.7 Å². The molecule has 0 spiro atoms. The van der Waals surface area contributed by atoms with Crippen molar-refractivity contribution in [1.29, 1.82) is 0 Å². The maximum Gasteiger partial charge on any atom is 0.246 e. The van der Waals surface area contributed by atoms with Crippen LogP contribution in [0.3, 0.4) is 0 Å². The lowest BCUT2D eigenvalue weighted by atomic mass is 10.1. The molecule has 0 aromatic heterocycles. The Bertz CT molecular complexity index is 902. The molecular formula is C25H33N5O. The lowest BCUT2D eigenvalue weighted by Crippen LogP contribution is -2.44. The summed E-state index contributed by atoms with van der Waals surface area (Å²) in [6, 6.07) is 16.9. The molecule has 6 nitrogen and oxygen atoms in total. The number of carbonyl (C=O) groups is 1. The molecule has 2 N–H and O–H groups in total. The Labute approximate surface area is 185 Å². The summed E-state index contributed by atoms with van der Waals surface area (Å²) >= 11 is 0. The Hall–Kier alpha value is -2.86. The molecule has 0 unspecified atom stereocenters. The molecule has 31 heavy (non-hydrogen) atoms. The second-order valence-electron chi connectivity index (χ2n) is 8.27. The van der Waals surface area contributed by atoms with Crippen molar-refractivity contribution in [2.75, 3.05) is 37.6 Å². The van der Waals surface area contributed by atoms with E-state index in [1.165, 1.54) is 42.6 Å². The number of rotatable bonds is 7. The summed E-state index contributed by atoms with van der Waals surface area (Å²) in [7, 11) is 0. The molecule has 0 saturated carbocycles. The lowest BCUT2D eigenvalue weighted by Gasteiger charge is -2.19. The van der Waals surface area contributed by atoms with Crippen LogP contribution in [0.25, 0.3) is 0 Å². The summed E-state index contributed by atoms with van der Waals surface area (Å²) in [5.74, 6) is 0.742. The van der Waals surface area contributed by atoms with Crippen LogP contribution in [0.4, 0.5) is 5.69 Å². The molecule has 1 fully saturated rings. The number of benzene rings is 2. The van der Waals surface area contributed by atoms with Gasteiger partial charge < -0.3 is 15.5 Å². The number of nitrogens with zero attached hydrogens (tertiary/aromatic N) is 3. The molecular weight excluding hydrogens is 386 g/mol. The molecule has 4 rings (SSSR count). The Balaban J connectivity index is 1.30. The predicted molar refractivity (Wildman–Crippen MR) is 126 cm³/mol. The van der Waals surface area contributed by atoms with Crippen molar-refractivity contribution < 1.29 is 4.79 Å². The van der Waals surface area contributed by atoms with Crippen LogP contribution < -0.4 is 15.5 Å². The first-order valence-electron chi connectivity index (χ1n) is 11.4. The number of fused-ring (bicyclic) bond motifs is 1. The van der Waals surface area contributed by atoms with Crippen LogP contribution in [-0.2, 0) is 24.3 Å². The SMILES string of the molecule is CCNC(=NCc1ccc(CN2CCCC2)cc1)NCC(=O)N1CCc2ccccc21. The normalized spacial score (nSPS) is 16.4. The summed E-state index contributed by atoms with van der Waals surface area (Å²) in [6.07, 6.45) is 3.56. The van der Waals surface area contributed by atoms with Gasteiger partial charge in [-0.1, -0.05) is 42.5 Å². The molecule has 2 aromatic carbocycles. The third-order valence-electron chi connectivity index (χ3n) is 5.99. The zero-order chi connectivity index (χ0) is 21.5. The van der Waals surface area contributed by atoms with Gasteiger partial charge in [0.25, 0.3) is 0 Å². The zero-order valence-corrected chi connectivity index (χ0v) is 18.4. The summed E-state index contributed by atoms with van der Waals surface area (Å²) in [5.41, 5.74) is 4.80. The van der Waals surface area contributed by atoms with Gasteiger partial charge in [0.15, 0.2) is 5.96 Å². The van der Waals surface area contributed by atoms with E-state index in [4.69, 9.17) is 0 Å². The Morgan fingerprint density at radius 2 is 1.71 bits per heavy atom. The van der Waals surface area contributed by atoms with Crippen molar-refractivity contribution in [3.05, 3.63) is 65.2 Å². The molecule has 0 aliphatic carbocycles. The standard InChI is InChI=1S/C25H33N5O/c1-2-26-25(28-18-24(31)30-16-13-22-7-3-4-8-23(22)30)27-17-20-9-11-21(12-10-20)19-29-14-5-6-15-29/h3-4,7-12H,2,5-6,13-19H2,1H3,(H2,26,27,28). The van der Waals surface area contributed by atoms with Gasteiger partial charge in [-0.2, -0.15) is 0 Å². The van der Waals surface area contributed by atoms with Crippen molar-refractivity contribution in [2.45, 2.75) is 39.3 Å². The van der Waals surface area contributed by atoms with Crippen LogP contribution >= 0.6 is 0 Å². The van der Waals surface area contributed by atoms with Gasteiger partial charge in [-0.15, -0.1) is 0 Å². The number of hydrogen-bond acceptors (Lipinski definition) is 3. The third-order valence-corrected chi connectivity index (χ3v) is 5.99. The van der Waals surface area contributed by atoms with Crippen LogP contribution in [0.1, 0.15) is 36.5 Å². The van der Waals surface area contributed by atoms with Crippen LogP contribution in [0, 0.1) is 0 Å². The number of likely N-dealkylation sites (tertiary alicyclic amines) is 1. The summed E-state index contributed by atoms with van der Waals surface area (Å²) in [6.45, 7) is 7.81. The molecule has 2 aliphatic rings. The van der Waals surface area contributed by atoms with E-state index < -0.39 is 0 Å². The molecule has 164 valence electrons. The predicted octanol–water partition coefficient (Wildman–Crippen LogP) is 2.93. The van der Waals surface area contributed by atoms with E-state index in [2.05, 4.69) is 50.9 Å². The Kier molecular flexibility index (Phi) is 7.20. The fraction of sp³-hybridized carbons (Fsp3) is 0.440. The van der Waals surface area contributed by atoms with E-state index in [1.807, 2.05) is 30.0 Å². The third kappa shape index (κ3) is 5.64. The van der Waals surface area contributed by atoms with E-state index in [9.17, 15) is 4.79 Å². The van der Waals surface area contributed by atoms with Gasteiger partial charge >= 0.3 is 0 Å². The van der Waals surface area contributed by atoms with E-state index in [1.54, 1.807) is 0 Å². The van der Waals surface area contributed by atoms with Crippen molar-refractivity contribution in [1.82, 2.24) is 15.5 Å². The minimum Gasteiger partial charge on any atom is -0.357 e. The fourth-order valence-corrected chi connectivity index (χ4v) is 4.31. The van der Waals surface area contributed by atoms with Gasteiger partial charge in [0.2, 0.25) is 5.91 Å². The average molecular weight is 420 g/mol. The van der Waals surface area contributed by atoms with Crippen LogP contribution in [0.2, 0.25) is 0 Å². The average Bonchev–Trinajstić information content (AvgIpc) is 3.46. The summed E-state index contributed by atoms with van der Waals surface area (Å²) in [5, 5.41) is 6.44. The number of anilines is 1. The Morgan fingerprint density at radius 3 is 2.48 bits per heavy atom. The number of para-hydroxylation sites is 1. The van der Waals surface area contributed by atoms with Crippen LogP contribution in [-0.4, -0.2) is 49.5 Å². The maximum atomic E-state index is 12.7. The number of nitrogens with one attached hydrogen (secondary N) is 2. The quantitative estimate of drug-likeness (QED) is 0.535. The topological polar surface area (TPSA) is 60.0 Å². The van der Waals surface area contributed by atoms with Crippen molar-refractivity contribution in [3.8, 4) is 0 Å². The van der Waals surface area contributed by atoms with E-state index >= 15 is 0 Å². The number of carbonyl (C=O) groups excluding carboxylic acids is 1. The molecule has 2 aromatic rings. The molecule has 0 radical (unpaired) electrons.